The quantitative estimate of drug-likeness (QED) is 0.547. The second-order valence-electron chi connectivity index (χ2n) is 5.72. The summed E-state index contributed by atoms with van der Waals surface area (Å²) in [5, 5.41) is 0. The van der Waals surface area contributed by atoms with Crippen LogP contribution < -0.4 is 0 Å². The lowest BCUT2D eigenvalue weighted by Gasteiger charge is -2.26. The van der Waals surface area contributed by atoms with Gasteiger partial charge in [0.2, 0.25) is 0 Å². The van der Waals surface area contributed by atoms with Gasteiger partial charge in [0.05, 0.1) is 29.1 Å². The van der Waals surface area contributed by atoms with E-state index in [-0.39, 0.29) is 17.8 Å². The Morgan fingerprint density at radius 1 is 1.32 bits per heavy atom. The van der Waals surface area contributed by atoms with Gasteiger partial charge in [-0.3, -0.25) is 4.79 Å². The van der Waals surface area contributed by atoms with Crippen molar-refractivity contribution >= 4 is 41.0 Å². The molecule has 0 aromatic rings. The number of amides is 1. The van der Waals surface area contributed by atoms with Gasteiger partial charge in [-0.15, -0.1) is 0 Å². The average molecular weight is 380 g/mol. The van der Waals surface area contributed by atoms with Crippen molar-refractivity contribution in [2.75, 3.05) is 13.1 Å². The Morgan fingerprint density at radius 3 is 2.58 bits per heavy atom. The van der Waals surface area contributed by atoms with E-state index in [1.807, 2.05) is 20.8 Å². The molecule has 6 heteroatoms. The second-order valence-corrected chi connectivity index (χ2v) is 6.28. The number of Topliss-reactive ketones (excluding diaryl/α,β-unsaturated/α-hetero) is 1. The highest BCUT2D eigenvalue weighted by Crippen LogP contribution is 2.20. The van der Waals surface area contributed by atoms with Gasteiger partial charge in [0.15, 0.2) is 5.78 Å². The minimum absolute atomic E-state index is 0.0223. The Bertz CT molecular complexity index is 363. The number of carbonyl (C=O) groups excluding carboxylic acids is 2. The lowest BCUT2D eigenvalue weighted by Crippen LogP contribution is -2.37. The molecule has 1 unspecified atom stereocenters. The number of carbonyl (C=O) groups is 2. The third kappa shape index (κ3) is 5.88. The number of ether oxygens (including phenoxy) is 1. The zero-order valence-corrected chi connectivity index (χ0v) is 13.8. The number of rotatable bonds is 2. The van der Waals surface area contributed by atoms with Crippen molar-refractivity contribution in [1.82, 2.24) is 4.90 Å². The molecule has 1 aliphatic heterocycles. The molecule has 108 valence electrons. The van der Waals surface area contributed by atoms with Crippen LogP contribution >= 0.6 is 22.9 Å². The molecule has 1 saturated heterocycles. The highest BCUT2D eigenvalue weighted by Gasteiger charge is 2.27. The van der Waals surface area contributed by atoms with Crippen LogP contribution in [-0.2, 0) is 9.53 Å². The molecule has 0 saturated carbocycles. The zero-order chi connectivity index (χ0) is 14.5. The molecule has 19 heavy (non-hydrogen) atoms. The summed E-state index contributed by atoms with van der Waals surface area (Å²) in [6, 6.07) is 0. The van der Waals surface area contributed by atoms with E-state index >= 15 is 0 Å². The Morgan fingerprint density at radius 2 is 2.00 bits per heavy atom. The standard InChI is InChI=1S/C13H21IN2O3/c1-13(2,3)19-12(18)16-7-4-5-10(6-8-16)11(17)9-15-14/h9-10H,4-8H2,1-3H3/b15-9+. The van der Waals surface area contributed by atoms with Gasteiger partial charge < -0.3 is 9.64 Å². The van der Waals surface area contributed by atoms with E-state index in [4.69, 9.17) is 4.74 Å². The van der Waals surface area contributed by atoms with Crippen LogP contribution in [0.5, 0.6) is 0 Å². The average Bonchev–Trinajstić information content (AvgIpc) is 2.52. The minimum atomic E-state index is -0.480. The van der Waals surface area contributed by atoms with E-state index in [9.17, 15) is 9.59 Å². The third-order valence-electron chi connectivity index (χ3n) is 2.96. The summed E-state index contributed by atoms with van der Waals surface area (Å²) in [6.45, 7) is 6.78. The summed E-state index contributed by atoms with van der Waals surface area (Å²) in [4.78, 5) is 25.4. The molecule has 1 heterocycles. The topological polar surface area (TPSA) is 59.0 Å². The number of halogens is 1. The molecule has 1 amide bonds. The molecule has 0 radical (unpaired) electrons. The zero-order valence-electron chi connectivity index (χ0n) is 11.7. The minimum Gasteiger partial charge on any atom is -0.444 e. The van der Waals surface area contributed by atoms with Crippen molar-refractivity contribution in [3.63, 3.8) is 0 Å². The van der Waals surface area contributed by atoms with E-state index in [2.05, 4.69) is 3.21 Å². The largest absolute Gasteiger partial charge is 0.444 e. The Hall–Kier alpha value is -0.660. The Balaban J connectivity index is 2.54. The van der Waals surface area contributed by atoms with Gasteiger partial charge in [0.1, 0.15) is 5.60 Å². The number of likely N-dealkylation sites (tertiary alicyclic amines) is 1. The molecule has 1 aliphatic rings. The molecule has 0 aromatic carbocycles. The summed E-state index contributed by atoms with van der Waals surface area (Å²) >= 11 is 1.80. The van der Waals surface area contributed by atoms with Crippen LogP contribution in [0.2, 0.25) is 0 Å². The summed E-state index contributed by atoms with van der Waals surface area (Å²) in [6.07, 6.45) is 3.39. The van der Waals surface area contributed by atoms with Crippen molar-refractivity contribution in [3.8, 4) is 0 Å². The van der Waals surface area contributed by atoms with E-state index in [1.54, 1.807) is 27.8 Å². The fourth-order valence-corrected chi connectivity index (χ4v) is 2.32. The fourth-order valence-electron chi connectivity index (χ4n) is 2.04. The lowest BCUT2D eigenvalue weighted by atomic mass is 9.96. The molecule has 5 nitrogen and oxygen atoms in total. The number of ketones is 1. The Kier molecular flexibility index (Phi) is 6.22. The van der Waals surface area contributed by atoms with Crippen LogP contribution in [0.25, 0.3) is 0 Å². The van der Waals surface area contributed by atoms with Crippen LogP contribution in [0.1, 0.15) is 40.0 Å². The van der Waals surface area contributed by atoms with Crippen LogP contribution in [0.3, 0.4) is 0 Å². The predicted molar refractivity (Wildman–Crippen MR) is 82.7 cm³/mol. The van der Waals surface area contributed by atoms with Crippen LogP contribution in [0, 0.1) is 5.92 Å². The molecule has 1 atom stereocenters. The molecule has 0 spiro atoms. The van der Waals surface area contributed by atoms with E-state index in [0.717, 1.165) is 12.8 Å². The monoisotopic (exact) mass is 380 g/mol. The van der Waals surface area contributed by atoms with Gasteiger partial charge in [-0.1, -0.05) is 0 Å². The van der Waals surface area contributed by atoms with Crippen molar-refractivity contribution in [3.05, 3.63) is 0 Å². The van der Waals surface area contributed by atoms with E-state index in [0.29, 0.717) is 19.5 Å². The number of nitrogens with zero attached hydrogens (tertiary/aromatic N) is 2. The van der Waals surface area contributed by atoms with Crippen LogP contribution in [0.4, 0.5) is 4.79 Å². The van der Waals surface area contributed by atoms with Crippen molar-refractivity contribution in [2.45, 2.75) is 45.6 Å². The lowest BCUT2D eigenvalue weighted by molar-refractivity contribution is -0.116. The first kappa shape index (κ1) is 16.4. The third-order valence-corrected chi connectivity index (χ3v) is 3.24. The Labute approximate surface area is 128 Å². The summed E-state index contributed by atoms with van der Waals surface area (Å²) in [5.41, 5.74) is -0.480. The van der Waals surface area contributed by atoms with Gasteiger partial charge in [-0.2, -0.15) is 0 Å². The van der Waals surface area contributed by atoms with Gasteiger partial charge in [0, 0.05) is 19.0 Å². The smallest absolute Gasteiger partial charge is 0.410 e. The maximum absolute atomic E-state index is 12.0. The summed E-state index contributed by atoms with van der Waals surface area (Å²) < 4.78 is 9.08. The van der Waals surface area contributed by atoms with Crippen LogP contribution in [0.15, 0.2) is 3.21 Å². The fraction of sp³-hybridized carbons (Fsp3) is 0.769. The highest BCUT2D eigenvalue weighted by molar-refractivity contribution is 14.1. The second kappa shape index (κ2) is 7.21. The number of hydrogen-bond acceptors (Lipinski definition) is 4. The maximum Gasteiger partial charge on any atom is 0.410 e. The molecule has 1 fully saturated rings. The van der Waals surface area contributed by atoms with Gasteiger partial charge in [-0.05, 0) is 40.0 Å². The molecule has 0 bridgehead atoms. The van der Waals surface area contributed by atoms with Gasteiger partial charge in [-0.25, -0.2) is 8.00 Å². The van der Waals surface area contributed by atoms with Crippen LogP contribution in [-0.4, -0.2) is 41.7 Å². The summed E-state index contributed by atoms with van der Waals surface area (Å²) in [5.74, 6) is 0.0337. The molecular formula is C13H21IN2O3. The molecule has 0 aliphatic carbocycles. The SMILES string of the molecule is CC(C)(C)OC(=O)N1CCCC(C(=O)/C=N/I)CC1. The first-order valence-electron chi connectivity index (χ1n) is 6.49. The van der Waals surface area contributed by atoms with Gasteiger partial charge >= 0.3 is 6.09 Å². The van der Waals surface area contributed by atoms with Gasteiger partial charge in [0.25, 0.3) is 0 Å². The van der Waals surface area contributed by atoms with Crippen molar-refractivity contribution in [1.29, 1.82) is 0 Å². The predicted octanol–water partition coefficient (Wildman–Crippen LogP) is 3.01. The molecule has 0 aromatic heterocycles. The first-order valence-corrected chi connectivity index (χ1v) is 7.46. The summed E-state index contributed by atoms with van der Waals surface area (Å²) in [7, 11) is 0. The first-order chi connectivity index (χ1) is 8.83. The number of hydrogen-bond donors (Lipinski definition) is 0. The maximum atomic E-state index is 12.0. The van der Waals surface area contributed by atoms with Crippen molar-refractivity contribution in [2.24, 2.45) is 9.12 Å². The normalized spacial score (nSPS) is 21.3. The molecular weight excluding hydrogens is 359 g/mol. The molecule has 0 N–H and O–H groups in total. The highest BCUT2D eigenvalue weighted by atomic mass is 127. The van der Waals surface area contributed by atoms with Crippen molar-refractivity contribution < 1.29 is 14.3 Å². The van der Waals surface area contributed by atoms with E-state index in [1.165, 1.54) is 6.21 Å². The molecule has 1 rings (SSSR count). The van der Waals surface area contributed by atoms with E-state index < -0.39 is 5.60 Å².